The van der Waals surface area contributed by atoms with E-state index in [0.717, 1.165) is 11.5 Å². The quantitative estimate of drug-likeness (QED) is 0.752. The number of halogens is 1. The van der Waals surface area contributed by atoms with Crippen LogP contribution in [-0.2, 0) is 16.1 Å². The summed E-state index contributed by atoms with van der Waals surface area (Å²) in [5.74, 6) is -0.862. The summed E-state index contributed by atoms with van der Waals surface area (Å²) in [6.07, 6.45) is 0. The van der Waals surface area contributed by atoms with Crippen molar-refractivity contribution in [2.75, 3.05) is 0 Å². The first-order chi connectivity index (χ1) is 7.52. The molecule has 0 spiro atoms. The van der Waals surface area contributed by atoms with Crippen molar-refractivity contribution in [1.29, 1.82) is 0 Å². The zero-order chi connectivity index (χ0) is 11.9. The van der Waals surface area contributed by atoms with Crippen LogP contribution in [0.15, 0.2) is 0 Å². The number of likely N-dealkylation sites (tertiary alicyclic amines) is 1. The van der Waals surface area contributed by atoms with Crippen molar-refractivity contribution in [2.24, 2.45) is 11.8 Å². The predicted octanol–water partition coefficient (Wildman–Crippen LogP) is 1.33. The van der Waals surface area contributed by atoms with Gasteiger partial charge in [-0.3, -0.25) is 14.5 Å². The van der Waals surface area contributed by atoms with Crippen LogP contribution < -0.4 is 0 Å². The first-order valence-corrected chi connectivity index (χ1v) is 5.99. The lowest BCUT2D eigenvalue weighted by Crippen LogP contribution is -2.30. The predicted molar refractivity (Wildman–Crippen MR) is 58.8 cm³/mol. The lowest BCUT2D eigenvalue weighted by atomic mass is 10.00. The molecule has 1 aliphatic rings. The van der Waals surface area contributed by atoms with Crippen LogP contribution in [0.1, 0.15) is 19.5 Å². The van der Waals surface area contributed by atoms with E-state index in [4.69, 9.17) is 11.6 Å². The molecular formula is C9H10ClN3O2S. The number of carbonyl (C=O) groups is 2. The zero-order valence-electron chi connectivity index (χ0n) is 8.81. The number of nitrogens with zero attached hydrogens (tertiary/aromatic N) is 3. The monoisotopic (exact) mass is 259 g/mol. The van der Waals surface area contributed by atoms with Gasteiger partial charge in [-0.25, -0.2) is 0 Å². The maximum absolute atomic E-state index is 11.8. The number of rotatable bonds is 2. The maximum atomic E-state index is 11.8. The van der Waals surface area contributed by atoms with Crippen molar-refractivity contribution in [2.45, 2.75) is 20.4 Å². The standard InChI is InChI=1S/C9H10ClN3O2S/c1-4-5(2)9(15)13(8(4)14)3-6-7(10)16-12-11-6/h4-5H,3H2,1-2H3. The number of imide groups is 1. The molecule has 0 N–H and O–H groups in total. The average molecular weight is 260 g/mol. The molecule has 2 rings (SSSR count). The fourth-order valence-corrected chi connectivity index (χ4v) is 2.24. The van der Waals surface area contributed by atoms with Gasteiger partial charge >= 0.3 is 0 Å². The SMILES string of the molecule is CC1C(=O)N(Cc2nnsc2Cl)C(=O)C1C. The van der Waals surface area contributed by atoms with Crippen LogP contribution in [-0.4, -0.2) is 26.3 Å². The molecule has 5 nitrogen and oxygen atoms in total. The summed E-state index contributed by atoms with van der Waals surface area (Å²) in [6.45, 7) is 3.64. The van der Waals surface area contributed by atoms with E-state index in [0.29, 0.717) is 10.0 Å². The highest BCUT2D eigenvalue weighted by Crippen LogP contribution is 2.28. The van der Waals surface area contributed by atoms with Gasteiger partial charge in [0.1, 0.15) is 10.0 Å². The third-order valence-corrected chi connectivity index (χ3v) is 3.86. The van der Waals surface area contributed by atoms with Gasteiger partial charge in [0.25, 0.3) is 0 Å². The van der Waals surface area contributed by atoms with Crippen LogP contribution in [0.3, 0.4) is 0 Å². The number of carbonyl (C=O) groups excluding carboxylic acids is 2. The first-order valence-electron chi connectivity index (χ1n) is 4.84. The number of hydrogen-bond donors (Lipinski definition) is 0. The van der Waals surface area contributed by atoms with Crippen molar-refractivity contribution in [1.82, 2.24) is 14.5 Å². The summed E-state index contributed by atoms with van der Waals surface area (Å²) >= 11 is 6.88. The Morgan fingerprint density at radius 3 is 2.31 bits per heavy atom. The smallest absolute Gasteiger partial charge is 0.233 e. The van der Waals surface area contributed by atoms with E-state index in [1.54, 1.807) is 13.8 Å². The molecule has 1 aliphatic heterocycles. The first kappa shape index (κ1) is 11.5. The fraction of sp³-hybridized carbons (Fsp3) is 0.556. The molecule has 2 atom stereocenters. The Balaban J connectivity index is 2.20. The van der Waals surface area contributed by atoms with Gasteiger partial charge in [0, 0.05) is 23.4 Å². The van der Waals surface area contributed by atoms with E-state index >= 15 is 0 Å². The van der Waals surface area contributed by atoms with Crippen molar-refractivity contribution < 1.29 is 9.59 Å². The Hall–Kier alpha value is -1.01. The van der Waals surface area contributed by atoms with Crippen molar-refractivity contribution in [3.8, 4) is 0 Å². The molecule has 0 bridgehead atoms. The molecule has 0 radical (unpaired) electrons. The summed E-state index contributed by atoms with van der Waals surface area (Å²) in [5, 5.41) is 3.79. The molecule has 1 fully saturated rings. The van der Waals surface area contributed by atoms with Crippen LogP contribution in [0.5, 0.6) is 0 Å². The third-order valence-electron chi connectivity index (χ3n) is 2.88. The number of amides is 2. The zero-order valence-corrected chi connectivity index (χ0v) is 10.4. The summed E-state index contributed by atoms with van der Waals surface area (Å²) in [5.41, 5.74) is 0.481. The van der Waals surface area contributed by atoms with E-state index < -0.39 is 0 Å². The molecule has 7 heteroatoms. The van der Waals surface area contributed by atoms with E-state index in [2.05, 4.69) is 9.59 Å². The largest absolute Gasteiger partial charge is 0.276 e. The minimum Gasteiger partial charge on any atom is -0.276 e. The highest BCUT2D eigenvalue weighted by molar-refractivity contribution is 7.10. The van der Waals surface area contributed by atoms with Gasteiger partial charge in [-0.1, -0.05) is 29.9 Å². The van der Waals surface area contributed by atoms with Gasteiger partial charge in [-0.05, 0) is 0 Å². The maximum Gasteiger partial charge on any atom is 0.233 e. The van der Waals surface area contributed by atoms with Gasteiger partial charge in [0.05, 0.1) is 6.54 Å². The molecule has 1 aromatic rings. The topological polar surface area (TPSA) is 63.2 Å². The van der Waals surface area contributed by atoms with Gasteiger partial charge in [-0.2, -0.15) is 0 Å². The van der Waals surface area contributed by atoms with Crippen molar-refractivity contribution in [3.05, 3.63) is 10.0 Å². The summed E-state index contributed by atoms with van der Waals surface area (Å²) in [4.78, 5) is 24.8. The van der Waals surface area contributed by atoms with Crippen LogP contribution in [0.4, 0.5) is 0 Å². The highest BCUT2D eigenvalue weighted by Gasteiger charge is 2.42. The fourth-order valence-electron chi connectivity index (χ4n) is 1.62. The van der Waals surface area contributed by atoms with Crippen molar-refractivity contribution >= 4 is 34.9 Å². The van der Waals surface area contributed by atoms with Crippen LogP contribution >= 0.6 is 23.1 Å². The van der Waals surface area contributed by atoms with E-state index in [1.165, 1.54) is 4.90 Å². The van der Waals surface area contributed by atoms with Gasteiger partial charge < -0.3 is 0 Å². The minimum absolute atomic E-state index is 0.127. The van der Waals surface area contributed by atoms with Crippen LogP contribution in [0.2, 0.25) is 4.34 Å². The second kappa shape index (κ2) is 4.10. The Kier molecular flexibility index (Phi) is 2.94. The van der Waals surface area contributed by atoms with E-state index in [9.17, 15) is 9.59 Å². The highest BCUT2D eigenvalue weighted by atomic mass is 35.5. The minimum atomic E-state index is -0.266. The second-order valence-electron chi connectivity index (χ2n) is 3.83. The molecule has 1 aromatic heterocycles. The Labute approximate surface area is 102 Å². The molecule has 0 aromatic carbocycles. The van der Waals surface area contributed by atoms with Gasteiger partial charge in [0.2, 0.25) is 11.8 Å². The van der Waals surface area contributed by atoms with Crippen molar-refractivity contribution in [3.63, 3.8) is 0 Å². The molecule has 86 valence electrons. The molecule has 1 saturated heterocycles. The molecule has 2 amide bonds. The van der Waals surface area contributed by atoms with Crippen LogP contribution in [0.25, 0.3) is 0 Å². The van der Waals surface area contributed by atoms with E-state index in [1.807, 2.05) is 0 Å². The molecule has 2 unspecified atom stereocenters. The van der Waals surface area contributed by atoms with Gasteiger partial charge in [0.15, 0.2) is 0 Å². The normalized spacial score (nSPS) is 25.6. The molecule has 0 aliphatic carbocycles. The summed E-state index contributed by atoms with van der Waals surface area (Å²) in [6, 6.07) is 0. The molecule has 0 saturated carbocycles. The third kappa shape index (κ3) is 1.72. The number of hydrogen-bond acceptors (Lipinski definition) is 5. The second-order valence-corrected chi connectivity index (χ2v) is 5.19. The summed E-state index contributed by atoms with van der Waals surface area (Å²) < 4.78 is 4.09. The Morgan fingerprint density at radius 1 is 1.31 bits per heavy atom. The average Bonchev–Trinajstić information content (AvgIpc) is 2.73. The number of aromatic nitrogens is 2. The van der Waals surface area contributed by atoms with Gasteiger partial charge in [-0.15, -0.1) is 5.10 Å². The summed E-state index contributed by atoms with van der Waals surface area (Å²) in [7, 11) is 0. The molecule has 2 heterocycles. The van der Waals surface area contributed by atoms with Crippen LogP contribution in [0, 0.1) is 11.8 Å². The Morgan fingerprint density at radius 2 is 1.88 bits per heavy atom. The lowest BCUT2D eigenvalue weighted by molar-refractivity contribution is -0.140. The van der Waals surface area contributed by atoms with E-state index in [-0.39, 0.29) is 30.2 Å². The lowest BCUT2D eigenvalue weighted by Gasteiger charge is -2.12. The molecular weight excluding hydrogens is 250 g/mol. The Bertz CT molecular complexity index is 428. The molecule has 16 heavy (non-hydrogen) atoms.